The van der Waals surface area contributed by atoms with E-state index in [9.17, 15) is 9.46 Å². The number of hydrogen-bond acceptors (Lipinski definition) is 3. The summed E-state index contributed by atoms with van der Waals surface area (Å²) in [5, 5.41) is 0. The summed E-state index contributed by atoms with van der Waals surface area (Å²) in [5.41, 5.74) is 0. The number of unbranched alkanes of at least 4 members (excludes halogenated alkanes) is 11. The molecular formula is C14H30CsO4P. The molecule has 0 amide bonds. The molecule has 1 unspecified atom stereocenters. The molecule has 0 heterocycles. The van der Waals surface area contributed by atoms with E-state index in [0.717, 1.165) is 12.8 Å². The molecule has 20 heavy (non-hydrogen) atoms. The predicted molar refractivity (Wildman–Crippen MR) is 76.9 cm³/mol. The minimum Gasteiger partial charge on any atom is -0.756 e. The molecular weight excluding hydrogens is 396 g/mol. The van der Waals surface area contributed by atoms with Gasteiger partial charge in [0.15, 0.2) is 0 Å². The van der Waals surface area contributed by atoms with Gasteiger partial charge in [-0.3, -0.25) is 4.57 Å². The second kappa shape index (κ2) is 17.5. The Kier molecular flexibility index (Phi) is 21.4. The van der Waals surface area contributed by atoms with Gasteiger partial charge in [-0.05, 0) is 6.42 Å². The predicted octanol–water partition coefficient (Wildman–Crippen LogP) is 1.17. The maximum Gasteiger partial charge on any atom is 1.00 e. The summed E-state index contributed by atoms with van der Waals surface area (Å²) in [4.78, 5) is 18.7. The molecule has 0 saturated carbocycles. The summed E-state index contributed by atoms with van der Waals surface area (Å²) in [6, 6.07) is 0. The number of phosphoric acid groups is 1. The summed E-state index contributed by atoms with van der Waals surface area (Å²) >= 11 is 0. The summed E-state index contributed by atoms with van der Waals surface area (Å²) < 4.78 is 14.6. The fourth-order valence-corrected chi connectivity index (χ4v) is 2.48. The first-order valence-corrected chi connectivity index (χ1v) is 9.24. The number of hydrogen-bond donors (Lipinski definition) is 1. The Hall–Kier alpha value is 2.16. The third kappa shape index (κ3) is 22.4. The fourth-order valence-electron chi connectivity index (χ4n) is 2.12. The average molecular weight is 426 g/mol. The van der Waals surface area contributed by atoms with Crippen molar-refractivity contribution < 1.29 is 87.8 Å². The first kappa shape index (κ1) is 24.4. The van der Waals surface area contributed by atoms with Crippen LogP contribution in [0.1, 0.15) is 84.0 Å². The standard InChI is InChI=1S/C14H31O4P.Cs/c1-2-3-4-5-6-7-8-9-10-11-12-13-14-18-19(15,16)17;/h2-14H2,1H3,(H2,15,16,17);/q;+1/p-1. The zero-order valence-corrected chi connectivity index (χ0v) is 20.5. The second-order valence-corrected chi connectivity index (χ2v) is 6.39. The normalized spacial score (nSPS) is 13.8. The van der Waals surface area contributed by atoms with Crippen LogP contribution in [0.15, 0.2) is 0 Å². The smallest absolute Gasteiger partial charge is 0.756 e. The van der Waals surface area contributed by atoms with E-state index in [0.29, 0.717) is 6.42 Å². The monoisotopic (exact) mass is 426 g/mol. The van der Waals surface area contributed by atoms with Gasteiger partial charge in [0.05, 0.1) is 6.61 Å². The Bertz CT molecular complexity index is 233. The third-order valence-corrected chi connectivity index (χ3v) is 3.76. The van der Waals surface area contributed by atoms with Gasteiger partial charge in [0, 0.05) is 0 Å². The molecule has 0 aromatic rings. The molecule has 0 aromatic carbocycles. The van der Waals surface area contributed by atoms with Crippen molar-refractivity contribution in [3.8, 4) is 0 Å². The van der Waals surface area contributed by atoms with Gasteiger partial charge in [0.2, 0.25) is 0 Å². The van der Waals surface area contributed by atoms with Gasteiger partial charge in [0.25, 0.3) is 7.82 Å². The van der Waals surface area contributed by atoms with Gasteiger partial charge in [0.1, 0.15) is 0 Å². The fraction of sp³-hybridized carbons (Fsp3) is 1.00. The van der Waals surface area contributed by atoms with E-state index in [1.807, 2.05) is 0 Å². The van der Waals surface area contributed by atoms with Crippen molar-refractivity contribution in [2.24, 2.45) is 0 Å². The van der Waals surface area contributed by atoms with Crippen LogP contribution in [0.2, 0.25) is 0 Å². The Morgan fingerprint density at radius 3 is 1.55 bits per heavy atom. The van der Waals surface area contributed by atoms with E-state index in [2.05, 4.69) is 11.4 Å². The van der Waals surface area contributed by atoms with Crippen LogP contribution in [0.5, 0.6) is 0 Å². The first-order valence-electron chi connectivity index (χ1n) is 7.74. The molecule has 0 bridgehead atoms. The zero-order chi connectivity index (χ0) is 14.4. The largest absolute Gasteiger partial charge is 1.00 e. The van der Waals surface area contributed by atoms with E-state index in [1.165, 1.54) is 57.8 Å². The van der Waals surface area contributed by atoms with Crippen molar-refractivity contribution in [3.05, 3.63) is 0 Å². The zero-order valence-electron chi connectivity index (χ0n) is 13.3. The molecule has 116 valence electrons. The number of rotatable bonds is 14. The maximum absolute atomic E-state index is 10.3. The molecule has 0 rings (SSSR count). The van der Waals surface area contributed by atoms with Crippen LogP contribution in [-0.2, 0) is 9.09 Å². The average Bonchev–Trinajstić information content (AvgIpc) is 2.34. The molecule has 0 radical (unpaired) electrons. The molecule has 1 N–H and O–H groups in total. The SMILES string of the molecule is CCCCCCCCCCCCCCOP(=O)([O-])O.[Cs+]. The van der Waals surface area contributed by atoms with Crippen LogP contribution in [0.25, 0.3) is 0 Å². The second-order valence-electron chi connectivity index (χ2n) is 5.19. The third-order valence-electron chi connectivity index (χ3n) is 3.25. The van der Waals surface area contributed by atoms with Crippen molar-refractivity contribution in [2.75, 3.05) is 6.61 Å². The molecule has 0 saturated heterocycles. The van der Waals surface area contributed by atoms with Crippen LogP contribution in [0.4, 0.5) is 0 Å². The summed E-state index contributed by atoms with van der Waals surface area (Å²) in [5.74, 6) is 0. The molecule has 6 heteroatoms. The Balaban J connectivity index is 0. The maximum atomic E-state index is 10.3. The van der Waals surface area contributed by atoms with Gasteiger partial charge in [-0.15, -0.1) is 0 Å². The summed E-state index contributed by atoms with van der Waals surface area (Å²) in [7, 11) is -4.50. The minimum atomic E-state index is -4.50. The number of phosphoric ester groups is 1. The van der Waals surface area contributed by atoms with Gasteiger partial charge >= 0.3 is 68.9 Å². The van der Waals surface area contributed by atoms with Gasteiger partial charge in [-0.1, -0.05) is 77.6 Å². The molecule has 0 aliphatic heterocycles. The quantitative estimate of drug-likeness (QED) is 0.335. The van der Waals surface area contributed by atoms with Gasteiger partial charge in [-0.2, -0.15) is 0 Å². The first-order chi connectivity index (χ1) is 9.06. The molecule has 0 spiro atoms. The molecule has 0 aliphatic carbocycles. The van der Waals surface area contributed by atoms with E-state index >= 15 is 0 Å². The molecule has 4 nitrogen and oxygen atoms in total. The Labute approximate surface area is 183 Å². The van der Waals surface area contributed by atoms with Gasteiger partial charge in [-0.25, -0.2) is 0 Å². The van der Waals surface area contributed by atoms with E-state index in [-0.39, 0.29) is 75.5 Å². The van der Waals surface area contributed by atoms with Crippen molar-refractivity contribution in [2.45, 2.75) is 84.0 Å². The topological polar surface area (TPSA) is 69.6 Å². The summed E-state index contributed by atoms with van der Waals surface area (Å²) in [6.07, 6.45) is 14.7. The van der Waals surface area contributed by atoms with Gasteiger partial charge < -0.3 is 14.3 Å². The molecule has 1 atom stereocenters. The molecule has 0 fully saturated rings. The van der Waals surface area contributed by atoms with Crippen LogP contribution in [0.3, 0.4) is 0 Å². The molecule has 0 aliphatic rings. The van der Waals surface area contributed by atoms with Crippen molar-refractivity contribution >= 4 is 7.82 Å². The summed E-state index contributed by atoms with van der Waals surface area (Å²) in [6.45, 7) is 2.34. The van der Waals surface area contributed by atoms with Crippen LogP contribution >= 0.6 is 7.82 Å². The Morgan fingerprint density at radius 2 is 1.20 bits per heavy atom. The minimum absolute atomic E-state index is 0. The van der Waals surface area contributed by atoms with E-state index < -0.39 is 7.82 Å². The van der Waals surface area contributed by atoms with Crippen LogP contribution in [0, 0.1) is 0 Å². The van der Waals surface area contributed by atoms with Crippen molar-refractivity contribution in [1.82, 2.24) is 0 Å². The molecule has 0 aromatic heterocycles. The van der Waals surface area contributed by atoms with E-state index in [4.69, 9.17) is 4.89 Å². The van der Waals surface area contributed by atoms with Crippen molar-refractivity contribution in [1.29, 1.82) is 0 Å². The van der Waals surface area contributed by atoms with Crippen LogP contribution in [-0.4, -0.2) is 11.5 Å². The van der Waals surface area contributed by atoms with Crippen LogP contribution < -0.4 is 73.8 Å². The van der Waals surface area contributed by atoms with Crippen molar-refractivity contribution in [3.63, 3.8) is 0 Å². The van der Waals surface area contributed by atoms with E-state index in [1.54, 1.807) is 0 Å². The Morgan fingerprint density at radius 1 is 0.850 bits per heavy atom.